The van der Waals surface area contributed by atoms with Gasteiger partial charge in [-0.05, 0) is 30.7 Å². The minimum Gasteiger partial charge on any atom is -0.494 e. The van der Waals surface area contributed by atoms with Crippen LogP contribution in [0.5, 0.6) is 11.5 Å². The SMILES string of the molecule is COc1cc(C)c(F)c(COc2cnc(Nc3ccc(N4CCC5(CC4)OCCO5)nc3)nc2)c1F. The number of hydrogen-bond acceptors (Lipinski definition) is 9. The first kappa shape index (κ1) is 24.1. The molecule has 2 aromatic heterocycles. The fraction of sp³-hybridized carbons (Fsp3) is 0.400. The van der Waals surface area contributed by atoms with Gasteiger partial charge in [0.15, 0.2) is 23.1 Å². The third-order valence-corrected chi connectivity index (χ3v) is 6.34. The number of hydrogen-bond donors (Lipinski definition) is 1. The molecule has 2 aliphatic heterocycles. The number of ether oxygens (including phenoxy) is 4. The fourth-order valence-electron chi connectivity index (χ4n) is 4.33. The van der Waals surface area contributed by atoms with Crippen LogP contribution in [0.4, 0.5) is 26.2 Å². The molecule has 3 aromatic rings. The number of piperidine rings is 1. The Kier molecular flexibility index (Phi) is 6.84. The molecule has 0 atom stereocenters. The van der Waals surface area contributed by atoms with Crippen LogP contribution in [0.1, 0.15) is 24.0 Å². The van der Waals surface area contributed by atoms with Gasteiger partial charge in [0.2, 0.25) is 5.95 Å². The highest BCUT2D eigenvalue weighted by molar-refractivity contribution is 5.55. The average Bonchev–Trinajstić information content (AvgIpc) is 3.36. The molecule has 1 N–H and O–H groups in total. The predicted molar refractivity (Wildman–Crippen MR) is 128 cm³/mol. The highest BCUT2D eigenvalue weighted by Gasteiger charge is 2.40. The zero-order valence-corrected chi connectivity index (χ0v) is 20.1. The van der Waals surface area contributed by atoms with Gasteiger partial charge in [0.25, 0.3) is 0 Å². The van der Waals surface area contributed by atoms with Crippen molar-refractivity contribution in [2.45, 2.75) is 32.2 Å². The average molecular weight is 500 g/mol. The van der Waals surface area contributed by atoms with E-state index in [1.807, 2.05) is 12.1 Å². The molecule has 1 spiro atoms. The largest absolute Gasteiger partial charge is 0.494 e. The number of aromatic nitrogens is 3. The third kappa shape index (κ3) is 5.02. The minimum atomic E-state index is -0.792. The molecule has 0 amide bonds. The van der Waals surface area contributed by atoms with Crippen molar-refractivity contribution in [2.24, 2.45) is 0 Å². The molecule has 5 rings (SSSR count). The lowest BCUT2D eigenvalue weighted by Gasteiger charge is -2.38. The number of aryl methyl sites for hydroxylation is 1. The van der Waals surface area contributed by atoms with Gasteiger partial charge in [0.1, 0.15) is 18.2 Å². The molecule has 2 aliphatic rings. The number of halogens is 2. The van der Waals surface area contributed by atoms with Crippen molar-refractivity contribution in [1.29, 1.82) is 0 Å². The van der Waals surface area contributed by atoms with E-state index in [1.165, 1.54) is 32.5 Å². The molecule has 0 saturated carbocycles. The summed E-state index contributed by atoms with van der Waals surface area (Å²) in [4.78, 5) is 15.2. The van der Waals surface area contributed by atoms with Gasteiger partial charge < -0.3 is 29.2 Å². The highest BCUT2D eigenvalue weighted by Crippen LogP contribution is 2.33. The first-order valence-corrected chi connectivity index (χ1v) is 11.7. The molecule has 0 aliphatic carbocycles. The lowest BCUT2D eigenvalue weighted by Crippen LogP contribution is -2.45. The summed E-state index contributed by atoms with van der Waals surface area (Å²) in [5.74, 6) is -0.434. The summed E-state index contributed by atoms with van der Waals surface area (Å²) in [6, 6.07) is 5.15. The van der Waals surface area contributed by atoms with E-state index in [4.69, 9.17) is 18.9 Å². The maximum atomic E-state index is 14.4. The van der Waals surface area contributed by atoms with Crippen molar-refractivity contribution in [3.05, 3.63) is 59.6 Å². The Balaban J connectivity index is 1.16. The molecule has 2 fully saturated rings. The molecule has 1 aromatic carbocycles. The molecular formula is C25H27F2N5O4. The number of nitrogens with one attached hydrogen (secondary N) is 1. The summed E-state index contributed by atoms with van der Waals surface area (Å²) >= 11 is 0. The highest BCUT2D eigenvalue weighted by atomic mass is 19.1. The van der Waals surface area contributed by atoms with Crippen LogP contribution >= 0.6 is 0 Å². The molecule has 36 heavy (non-hydrogen) atoms. The quantitative estimate of drug-likeness (QED) is 0.515. The molecule has 0 radical (unpaired) electrons. The van der Waals surface area contributed by atoms with Gasteiger partial charge in [0.05, 0.1) is 50.2 Å². The summed E-state index contributed by atoms with van der Waals surface area (Å²) in [6.45, 7) is 4.15. The smallest absolute Gasteiger partial charge is 0.227 e. The van der Waals surface area contributed by atoms with Gasteiger partial charge in [0, 0.05) is 25.9 Å². The molecule has 0 bridgehead atoms. The maximum absolute atomic E-state index is 14.4. The standard InChI is InChI=1S/C25H27F2N5O4/c1-16-11-20(33-2)23(27)19(22(16)26)15-34-18-13-29-24(30-14-18)31-17-3-4-21(28-12-17)32-7-5-25(6-8-32)35-9-10-36-25/h3-4,11-14H,5-10,15H2,1-2H3,(H,29,30,31). The monoisotopic (exact) mass is 499 g/mol. The number of benzene rings is 1. The molecule has 4 heterocycles. The lowest BCUT2D eigenvalue weighted by atomic mass is 10.0. The van der Waals surface area contributed by atoms with Gasteiger partial charge in [-0.25, -0.2) is 23.7 Å². The van der Waals surface area contributed by atoms with Crippen LogP contribution in [0, 0.1) is 18.6 Å². The van der Waals surface area contributed by atoms with Gasteiger partial charge in [-0.3, -0.25) is 0 Å². The van der Waals surface area contributed by atoms with Crippen LogP contribution in [0.2, 0.25) is 0 Å². The van der Waals surface area contributed by atoms with E-state index in [1.54, 1.807) is 6.20 Å². The molecular weight excluding hydrogens is 472 g/mol. The Morgan fingerprint density at radius 1 is 1.03 bits per heavy atom. The van der Waals surface area contributed by atoms with Gasteiger partial charge in [-0.1, -0.05) is 0 Å². The summed E-state index contributed by atoms with van der Waals surface area (Å²) in [5.41, 5.74) is 0.773. The van der Waals surface area contributed by atoms with Crippen molar-refractivity contribution < 1.29 is 27.7 Å². The molecule has 11 heteroatoms. The normalized spacial score (nSPS) is 16.8. The third-order valence-electron chi connectivity index (χ3n) is 6.34. The van der Waals surface area contributed by atoms with Gasteiger partial charge in [-0.15, -0.1) is 0 Å². The summed E-state index contributed by atoms with van der Waals surface area (Å²) in [6.07, 6.45) is 6.20. The van der Waals surface area contributed by atoms with E-state index >= 15 is 0 Å². The Bertz CT molecular complexity index is 1190. The van der Waals surface area contributed by atoms with Crippen molar-refractivity contribution in [1.82, 2.24) is 15.0 Å². The first-order chi connectivity index (χ1) is 17.5. The Hall–Kier alpha value is -3.57. The minimum absolute atomic E-state index is 0.0380. The van der Waals surface area contributed by atoms with Crippen LogP contribution in [-0.4, -0.2) is 54.2 Å². The topological polar surface area (TPSA) is 90.9 Å². The second-order valence-corrected chi connectivity index (χ2v) is 8.66. The Morgan fingerprint density at radius 3 is 2.39 bits per heavy atom. The van der Waals surface area contributed by atoms with Crippen molar-refractivity contribution in [2.75, 3.05) is 43.6 Å². The number of anilines is 3. The van der Waals surface area contributed by atoms with E-state index in [2.05, 4.69) is 25.2 Å². The van der Waals surface area contributed by atoms with Crippen LogP contribution in [0.15, 0.2) is 36.8 Å². The second kappa shape index (κ2) is 10.2. The fourth-order valence-corrected chi connectivity index (χ4v) is 4.33. The molecule has 9 nitrogen and oxygen atoms in total. The predicted octanol–water partition coefficient (Wildman–Crippen LogP) is 4.13. The number of pyridine rings is 1. The van der Waals surface area contributed by atoms with E-state index in [0.29, 0.717) is 19.2 Å². The van der Waals surface area contributed by atoms with Crippen molar-refractivity contribution in [3.63, 3.8) is 0 Å². The maximum Gasteiger partial charge on any atom is 0.227 e. The van der Waals surface area contributed by atoms with Crippen LogP contribution in [-0.2, 0) is 16.1 Å². The zero-order valence-electron chi connectivity index (χ0n) is 20.1. The van der Waals surface area contributed by atoms with E-state index in [0.717, 1.165) is 37.4 Å². The van der Waals surface area contributed by atoms with Gasteiger partial charge in [-0.2, -0.15) is 0 Å². The Morgan fingerprint density at radius 2 is 1.75 bits per heavy atom. The van der Waals surface area contributed by atoms with Gasteiger partial charge >= 0.3 is 0 Å². The summed E-state index contributed by atoms with van der Waals surface area (Å²) < 4.78 is 50.8. The van der Waals surface area contributed by atoms with E-state index in [-0.39, 0.29) is 29.2 Å². The Labute approximate surface area is 207 Å². The number of rotatable bonds is 7. The van der Waals surface area contributed by atoms with Crippen molar-refractivity contribution in [3.8, 4) is 11.5 Å². The van der Waals surface area contributed by atoms with Crippen LogP contribution in [0.3, 0.4) is 0 Å². The second-order valence-electron chi connectivity index (χ2n) is 8.66. The van der Waals surface area contributed by atoms with Crippen LogP contribution in [0.25, 0.3) is 0 Å². The number of methoxy groups -OCH3 is 1. The molecule has 190 valence electrons. The van der Waals surface area contributed by atoms with E-state index in [9.17, 15) is 8.78 Å². The summed E-state index contributed by atoms with van der Waals surface area (Å²) in [7, 11) is 1.33. The lowest BCUT2D eigenvalue weighted by molar-refractivity contribution is -0.169. The molecule has 2 saturated heterocycles. The number of nitrogens with zero attached hydrogens (tertiary/aromatic N) is 4. The van der Waals surface area contributed by atoms with Crippen molar-refractivity contribution >= 4 is 17.5 Å². The molecule has 0 unspecified atom stereocenters. The van der Waals surface area contributed by atoms with Crippen LogP contribution < -0.4 is 19.7 Å². The first-order valence-electron chi connectivity index (χ1n) is 11.7. The zero-order chi connectivity index (χ0) is 25.1. The van der Waals surface area contributed by atoms with E-state index < -0.39 is 17.4 Å². The summed E-state index contributed by atoms with van der Waals surface area (Å²) in [5, 5.41) is 3.08.